The number of amides is 10. The van der Waals surface area contributed by atoms with E-state index in [9.17, 15) is 108 Å². The first-order chi connectivity index (χ1) is 39.6. The second kappa shape index (κ2) is 39.4. The van der Waals surface area contributed by atoms with Crippen molar-refractivity contribution in [2.75, 3.05) is 19.8 Å². The molecule has 85 heavy (non-hydrogen) atoms. The van der Waals surface area contributed by atoms with Gasteiger partial charge in [-0.15, -0.1) is 0 Å². The molecule has 0 aromatic heterocycles. The normalized spacial score (nSPS) is 15.0. The van der Waals surface area contributed by atoms with E-state index in [1.54, 1.807) is 27.7 Å². The van der Waals surface area contributed by atoms with Crippen molar-refractivity contribution in [3.05, 3.63) is 0 Å². The molecule has 0 unspecified atom stereocenters. The molecule has 0 radical (unpaired) electrons. The molecule has 0 spiro atoms. The topological polar surface area (TPSA) is 570 Å². The summed E-state index contributed by atoms with van der Waals surface area (Å²) in [4.78, 5) is 194. The molecular weight excluding hydrogens is 1130 g/mol. The molecule has 0 aliphatic heterocycles. The molecule has 0 aromatic carbocycles. The Balaban J connectivity index is 6.62. The Kier molecular flexibility index (Phi) is 35.7. The SMILES string of the molecule is CC(C)C[C@H](NC(=O)[C@H](CO)NC(=O)[C@H](CCC(=O)O)NC(=O)[C@@H](NC(=O)[C@H](CCC(=O)O)NC(=O)[C@H](C)NC(=O)[C@H](CCC(=O)O)NC(=O)[C@H](CC(C)C)NC(=O)[C@H](CC(=O)O)NC(=O)[C@@H](N)CO)C(C)C)C(=O)N[C@@H](CCCCN)C(=O)O. The van der Waals surface area contributed by atoms with Crippen molar-refractivity contribution in [3.8, 4) is 0 Å². The van der Waals surface area contributed by atoms with Crippen molar-refractivity contribution in [1.82, 2.24) is 53.2 Å². The average molecular weight is 1220 g/mol. The molecule has 10 amide bonds. The molecule has 21 N–H and O–H groups in total. The van der Waals surface area contributed by atoms with Crippen LogP contribution in [0.15, 0.2) is 0 Å². The number of aliphatic carboxylic acids is 5. The zero-order valence-electron chi connectivity index (χ0n) is 48.6. The van der Waals surface area contributed by atoms with Gasteiger partial charge in [0.25, 0.3) is 0 Å². The molecule has 34 heteroatoms. The van der Waals surface area contributed by atoms with Crippen molar-refractivity contribution < 1.29 is 108 Å². The number of rotatable bonds is 43. The Morgan fingerprint density at radius 1 is 0.365 bits per heavy atom. The number of aliphatic hydroxyl groups excluding tert-OH is 2. The number of unbranched alkanes of at least 4 members (excludes halogenated alkanes) is 1. The van der Waals surface area contributed by atoms with Crippen molar-refractivity contribution in [2.45, 2.75) is 192 Å². The van der Waals surface area contributed by atoms with Gasteiger partial charge >= 0.3 is 29.8 Å². The maximum Gasteiger partial charge on any atom is 0.326 e. The molecule has 0 saturated heterocycles. The minimum absolute atomic E-state index is 0.0171. The largest absolute Gasteiger partial charge is 0.481 e. The predicted molar refractivity (Wildman–Crippen MR) is 294 cm³/mol. The van der Waals surface area contributed by atoms with Crippen LogP contribution in [0.2, 0.25) is 0 Å². The minimum Gasteiger partial charge on any atom is -0.481 e. The lowest BCUT2D eigenvalue weighted by atomic mass is 10.0. The maximum atomic E-state index is 13.9. The van der Waals surface area contributed by atoms with E-state index < -0.39 is 219 Å². The fraction of sp³-hybridized carbons (Fsp3) is 0.706. The average Bonchev–Trinajstić information content (AvgIpc) is 3.51. The molecule has 0 aliphatic rings. The number of carbonyl (C=O) groups excluding carboxylic acids is 10. The third-order valence-corrected chi connectivity index (χ3v) is 12.4. The van der Waals surface area contributed by atoms with Gasteiger partial charge in [0.05, 0.1) is 19.6 Å². The lowest BCUT2D eigenvalue weighted by molar-refractivity contribution is -0.143. The first-order valence-corrected chi connectivity index (χ1v) is 27.4. The summed E-state index contributed by atoms with van der Waals surface area (Å²) in [7, 11) is 0. The van der Waals surface area contributed by atoms with Gasteiger partial charge in [-0.1, -0.05) is 41.5 Å². The van der Waals surface area contributed by atoms with E-state index in [2.05, 4.69) is 53.2 Å². The van der Waals surface area contributed by atoms with Crippen molar-refractivity contribution in [3.63, 3.8) is 0 Å². The third-order valence-electron chi connectivity index (χ3n) is 12.4. The summed E-state index contributed by atoms with van der Waals surface area (Å²) in [5.74, 6) is -20.1. The number of nitrogens with one attached hydrogen (secondary N) is 10. The van der Waals surface area contributed by atoms with E-state index >= 15 is 0 Å². The van der Waals surface area contributed by atoms with Crippen LogP contribution in [0.5, 0.6) is 0 Å². The van der Waals surface area contributed by atoms with Crippen LogP contribution in [0.3, 0.4) is 0 Å². The highest BCUT2D eigenvalue weighted by molar-refractivity contribution is 5.99. The summed E-state index contributed by atoms with van der Waals surface area (Å²) >= 11 is 0. The standard InChI is InChI=1S/C51H86N12O22/c1-23(2)18-32(60-48(81)34(20-39(72)73)59-42(75)27(53)21-64)46(79)56-28(11-14-36(66)67)43(76)54-26(7)41(74)55-30(13-16-38(70)71)45(78)63-40(25(5)6)50(83)57-29(12-15-37(68)69)44(77)62-35(22-65)49(82)61-33(19-24(3)4)47(80)58-31(51(84)85)10-8-9-17-52/h23-35,40,64-65H,8-22,52-53H2,1-7H3,(H,54,76)(H,55,74)(H,56,79)(H,57,83)(H,58,80)(H,59,75)(H,60,81)(H,61,82)(H,62,77)(H,63,78)(H,66,67)(H,68,69)(H,70,71)(H,72,73)(H,84,85)/t26-,27-,28-,29-,30-,31-,32-,33-,34-,35-,40-/m0/s1. The molecule has 0 fully saturated rings. The molecule has 0 aromatic rings. The molecule has 34 nitrogen and oxygen atoms in total. The number of aliphatic hydroxyl groups is 2. The van der Waals surface area contributed by atoms with Gasteiger partial charge < -0.3 is 100 Å². The fourth-order valence-corrected chi connectivity index (χ4v) is 7.79. The monoisotopic (exact) mass is 1220 g/mol. The van der Waals surface area contributed by atoms with Crippen LogP contribution >= 0.6 is 0 Å². The molecule has 0 heterocycles. The van der Waals surface area contributed by atoms with Crippen LogP contribution in [-0.2, 0) is 71.9 Å². The summed E-state index contributed by atoms with van der Waals surface area (Å²) < 4.78 is 0. The number of hydrogen-bond acceptors (Lipinski definition) is 19. The lowest BCUT2D eigenvalue weighted by Crippen LogP contribution is -2.61. The van der Waals surface area contributed by atoms with Gasteiger partial charge in [0.2, 0.25) is 59.1 Å². The zero-order valence-corrected chi connectivity index (χ0v) is 48.6. The number of nitrogens with two attached hydrogens (primary N) is 2. The van der Waals surface area contributed by atoms with Crippen LogP contribution in [0.4, 0.5) is 0 Å². The van der Waals surface area contributed by atoms with Crippen LogP contribution < -0.4 is 64.6 Å². The first-order valence-electron chi connectivity index (χ1n) is 27.4. The Morgan fingerprint density at radius 2 is 0.718 bits per heavy atom. The molecule has 482 valence electrons. The van der Waals surface area contributed by atoms with E-state index in [0.29, 0.717) is 12.8 Å². The van der Waals surface area contributed by atoms with Gasteiger partial charge in [-0.05, 0) is 82.6 Å². The lowest BCUT2D eigenvalue weighted by Gasteiger charge is -2.29. The van der Waals surface area contributed by atoms with Crippen LogP contribution in [0.1, 0.15) is 126 Å². The quantitative estimate of drug-likeness (QED) is 0.0253. The van der Waals surface area contributed by atoms with Gasteiger partial charge in [0.15, 0.2) is 0 Å². The van der Waals surface area contributed by atoms with E-state index in [4.69, 9.17) is 11.5 Å². The number of carboxylic acid groups (broad SMARTS) is 5. The molecular formula is C51H86N12O22. The van der Waals surface area contributed by atoms with Crippen LogP contribution in [0, 0.1) is 17.8 Å². The molecule has 0 aliphatic carbocycles. The van der Waals surface area contributed by atoms with Crippen LogP contribution in [-0.4, -0.2) is 211 Å². The molecule has 0 rings (SSSR count). The summed E-state index contributed by atoms with van der Waals surface area (Å²) in [5, 5.41) is 89.6. The molecule has 0 bridgehead atoms. The Labute approximate surface area is 489 Å². The summed E-state index contributed by atoms with van der Waals surface area (Å²) in [6.07, 6.45) is -4.54. The number of hydrogen-bond donors (Lipinski definition) is 19. The van der Waals surface area contributed by atoms with E-state index in [-0.39, 0.29) is 37.6 Å². The Hall–Kier alpha value is -8.11. The fourth-order valence-electron chi connectivity index (χ4n) is 7.79. The van der Waals surface area contributed by atoms with Gasteiger partial charge in [0, 0.05) is 19.3 Å². The zero-order chi connectivity index (χ0) is 65.4. The van der Waals surface area contributed by atoms with Gasteiger partial charge in [-0.2, -0.15) is 0 Å². The van der Waals surface area contributed by atoms with E-state index in [1.165, 1.54) is 13.8 Å². The summed E-state index contributed by atoms with van der Waals surface area (Å²) in [5.41, 5.74) is 11.0. The number of carbonyl (C=O) groups is 15. The van der Waals surface area contributed by atoms with E-state index in [0.717, 1.165) is 6.92 Å². The van der Waals surface area contributed by atoms with Crippen molar-refractivity contribution in [2.24, 2.45) is 29.2 Å². The highest BCUT2D eigenvalue weighted by Gasteiger charge is 2.37. The van der Waals surface area contributed by atoms with Crippen molar-refractivity contribution in [1.29, 1.82) is 0 Å². The number of carboxylic acids is 5. The van der Waals surface area contributed by atoms with Gasteiger partial charge in [-0.3, -0.25) is 67.1 Å². The van der Waals surface area contributed by atoms with Crippen molar-refractivity contribution >= 4 is 88.9 Å². The second-order valence-corrected chi connectivity index (χ2v) is 21.2. The highest BCUT2D eigenvalue weighted by Crippen LogP contribution is 2.13. The first kappa shape index (κ1) is 76.9. The second-order valence-electron chi connectivity index (χ2n) is 21.2. The highest BCUT2D eigenvalue weighted by atomic mass is 16.4. The van der Waals surface area contributed by atoms with Crippen LogP contribution in [0.25, 0.3) is 0 Å². The maximum absolute atomic E-state index is 13.9. The molecule has 0 saturated carbocycles. The Morgan fingerprint density at radius 3 is 1.11 bits per heavy atom. The smallest absolute Gasteiger partial charge is 0.326 e. The summed E-state index contributed by atoms with van der Waals surface area (Å²) in [6, 6.07) is -18.1. The minimum atomic E-state index is -1.84. The summed E-state index contributed by atoms with van der Waals surface area (Å²) in [6.45, 7) is 8.84. The predicted octanol–water partition coefficient (Wildman–Crippen LogP) is -5.80. The van der Waals surface area contributed by atoms with Gasteiger partial charge in [0.1, 0.15) is 66.5 Å². The third kappa shape index (κ3) is 30.9. The Bertz CT molecular complexity index is 2340. The van der Waals surface area contributed by atoms with Gasteiger partial charge in [-0.25, -0.2) is 4.79 Å². The molecule has 11 atom stereocenters. The van der Waals surface area contributed by atoms with E-state index in [1.807, 2.05) is 0 Å².